The lowest BCUT2D eigenvalue weighted by atomic mass is 10.0. The summed E-state index contributed by atoms with van der Waals surface area (Å²) >= 11 is 0. The van der Waals surface area contributed by atoms with E-state index < -0.39 is 0 Å². The molecule has 4 nitrogen and oxygen atoms in total. The fourth-order valence-corrected chi connectivity index (χ4v) is 3.26. The summed E-state index contributed by atoms with van der Waals surface area (Å²) in [6, 6.07) is 0.148. The molecule has 104 valence electrons. The molecule has 2 atom stereocenters. The Kier molecular flexibility index (Phi) is 5.01. The predicted octanol–water partition coefficient (Wildman–Crippen LogP) is 1.06. The molecular weight excluding hydrogens is 226 g/mol. The first kappa shape index (κ1) is 13.8. The number of nitrogens with zero attached hydrogens (tertiary/aromatic N) is 2. The van der Waals surface area contributed by atoms with Crippen molar-refractivity contribution in [2.24, 2.45) is 11.7 Å². The number of nitrogens with two attached hydrogens (primary N) is 1. The van der Waals surface area contributed by atoms with Crippen molar-refractivity contribution in [2.75, 3.05) is 32.7 Å². The van der Waals surface area contributed by atoms with Crippen LogP contribution in [0.1, 0.15) is 39.0 Å². The van der Waals surface area contributed by atoms with Gasteiger partial charge in [0.1, 0.15) is 0 Å². The van der Waals surface area contributed by atoms with Gasteiger partial charge >= 0.3 is 0 Å². The van der Waals surface area contributed by atoms with E-state index in [2.05, 4.69) is 16.7 Å². The molecule has 2 heterocycles. The summed E-state index contributed by atoms with van der Waals surface area (Å²) in [5, 5.41) is 0. The topological polar surface area (TPSA) is 49.6 Å². The Morgan fingerprint density at radius 1 is 1.28 bits per heavy atom. The van der Waals surface area contributed by atoms with Gasteiger partial charge in [0, 0.05) is 13.1 Å². The molecule has 0 bridgehead atoms. The van der Waals surface area contributed by atoms with E-state index in [9.17, 15) is 4.79 Å². The zero-order valence-corrected chi connectivity index (χ0v) is 11.6. The Morgan fingerprint density at radius 2 is 2.11 bits per heavy atom. The van der Waals surface area contributed by atoms with E-state index in [0.29, 0.717) is 18.4 Å². The lowest BCUT2D eigenvalue weighted by Gasteiger charge is -2.36. The lowest BCUT2D eigenvalue weighted by Crippen LogP contribution is -2.50. The molecule has 0 aromatic rings. The van der Waals surface area contributed by atoms with E-state index in [1.807, 2.05) is 0 Å². The van der Waals surface area contributed by atoms with Gasteiger partial charge in [0.15, 0.2) is 0 Å². The molecular formula is C14H27N3O. The van der Waals surface area contributed by atoms with Crippen LogP contribution in [0.5, 0.6) is 0 Å². The van der Waals surface area contributed by atoms with E-state index in [4.69, 9.17) is 5.73 Å². The lowest BCUT2D eigenvalue weighted by molar-refractivity contribution is -0.137. The number of rotatable bonds is 4. The highest BCUT2D eigenvalue weighted by atomic mass is 16.2. The smallest absolute Gasteiger partial charge is 0.239 e. The Morgan fingerprint density at radius 3 is 2.78 bits per heavy atom. The van der Waals surface area contributed by atoms with Crippen molar-refractivity contribution >= 4 is 5.91 Å². The molecule has 1 amide bonds. The Bertz CT molecular complexity index is 280. The van der Waals surface area contributed by atoms with Crippen molar-refractivity contribution in [1.29, 1.82) is 0 Å². The summed E-state index contributed by atoms with van der Waals surface area (Å²) < 4.78 is 0. The maximum Gasteiger partial charge on any atom is 0.239 e. The number of hydrogen-bond acceptors (Lipinski definition) is 3. The second-order valence-corrected chi connectivity index (χ2v) is 5.72. The van der Waals surface area contributed by atoms with Crippen LogP contribution in [-0.4, -0.2) is 54.5 Å². The normalized spacial score (nSPS) is 29.8. The summed E-state index contributed by atoms with van der Waals surface area (Å²) in [4.78, 5) is 17.0. The van der Waals surface area contributed by atoms with Crippen molar-refractivity contribution in [3.8, 4) is 0 Å². The Balaban J connectivity index is 1.93. The van der Waals surface area contributed by atoms with Gasteiger partial charge in [0.2, 0.25) is 5.91 Å². The zero-order valence-electron chi connectivity index (χ0n) is 11.6. The van der Waals surface area contributed by atoms with Crippen LogP contribution in [0.25, 0.3) is 0 Å². The first-order valence-corrected chi connectivity index (χ1v) is 7.49. The van der Waals surface area contributed by atoms with Gasteiger partial charge in [-0.25, -0.2) is 0 Å². The largest absolute Gasteiger partial charge is 0.341 e. The first-order valence-electron chi connectivity index (χ1n) is 7.49. The fraction of sp³-hybridized carbons (Fsp3) is 0.929. The van der Waals surface area contributed by atoms with E-state index in [-0.39, 0.29) is 6.04 Å². The van der Waals surface area contributed by atoms with Crippen LogP contribution in [0.2, 0.25) is 0 Å². The van der Waals surface area contributed by atoms with Crippen LogP contribution in [0.4, 0.5) is 0 Å². The first-order chi connectivity index (χ1) is 8.76. The van der Waals surface area contributed by atoms with Crippen molar-refractivity contribution in [2.45, 2.75) is 45.1 Å². The van der Waals surface area contributed by atoms with Crippen molar-refractivity contribution < 1.29 is 4.79 Å². The molecule has 18 heavy (non-hydrogen) atoms. The molecule has 2 rings (SSSR count). The summed E-state index contributed by atoms with van der Waals surface area (Å²) in [6.45, 7) is 6.86. The molecule has 0 spiro atoms. The van der Waals surface area contributed by atoms with E-state index in [1.54, 1.807) is 0 Å². The molecule has 0 aromatic heterocycles. The molecule has 2 aliphatic rings. The van der Waals surface area contributed by atoms with Gasteiger partial charge in [0.05, 0.1) is 6.04 Å². The minimum Gasteiger partial charge on any atom is -0.341 e. The molecule has 0 unspecified atom stereocenters. The highest BCUT2D eigenvalue weighted by Crippen LogP contribution is 2.22. The highest BCUT2D eigenvalue weighted by Gasteiger charge is 2.34. The third-order valence-electron chi connectivity index (χ3n) is 4.34. The maximum atomic E-state index is 12.6. The monoisotopic (exact) mass is 253 g/mol. The summed E-state index contributed by atoms with van der Waals surface area (Å²) in [7, 11) is 0. The average molecular weight is 253 g/mol. The molecule has 2 fully saturated rings. The van der Waals surface area contributed by atoms with Gasteiger partial charge in [-0.15, -0.1) is 0 Å². The second kappa shape index (κ2) is 6.53. The van der Waals surface area contributed by atoms with Crippen molar-refractivity contribution in [3.05, 3.63) is 0 Å². The molecule has 0 aliphatic carbocycles. The molecule has 2 aliphatic heterocycles. The summed E-state index contributed by atoms with van der Waals surface area (Å²) in [5.74, 6) is 0.885. The van der Waals surface area contributed by atoms with Crippen LogP contribution in [0.15, 0.2) is 0 Å². The van der Waals surface area contributed by atoms with Crippen molar-refractivity contribution in [3.63, 3.8) is 0 Å². The highest BCUT2D eigenvalue weighted by molar-refractivity contribution is 5.82. The average Bonchev–Trinajstić information content (AvgIpc) is 2.88. The van der Waals surface area contributed by atoms with Crippen LogP contribution in [0.3, 0.4) is 0 Å². The standard InChI is InChI=1S/C14H27N3O/c1-2-7-16-8-4-3-5-13(16)14(18)17-9-6-12(10-15)11-17/h12-13H,2-11,15H2,1H3/t12-,13-/m0/s1. The van der Waals surface area contributed by atoms with Gasteiger partial charge in [-0.1, -0.05) is 13.3 Å². The summed E-state index contributed by atoms with van der Waals surface area (Å²) in [6.07, 6.45) is 5.71. The van der Waals surface area contributed by atoms with Crippen molar-refractivity contribution in [1.82, 2.24) is 9.80 Å². The van der Waals surface area contributed by atoms with Gasteiger partial charge in [-0.3, -0.25) is 9.69 Å². The fourth-order valence-electron chi connectivity index (χ4n) is 3.26. The molecule has 2 N–H and O–H groups in total. The van der Waals surface area contributed by atoms with Gasteiger partial charge in [-0.05, 0) is 51.2 Å². The Labute approximate surface area is 110 Å². The minimum atomic E-state index is 0.148. The number of amides is 1. The number of likely N-dealkylation sites (tertiary alicyclic amines) is 2. The quantitative estimate of drug-likeness (QED) is 0.815. The number of carbonyl (C=O) groups excluding carboxylic acids is 1. The molecule has 2 saturated heterocycles. The van der Waals surface area contributed by atoms with Crippen LogP contribution >= 0.6 is 0 Å². The van der Waals surface area contributed by atoms with Gasteiger partial charge in [-0.2, -0.15) is 0 Å². The zero-order chi connectivity index (χ0) is 13.0. The summed E-state index contributed by atoms with van der Waals surface area (Å²) in [5.41, 5.74) is 5.70. The van der Waals surface area contributed by atoms with E-state index >= 15 is 0 Å². The van der Waals surface area contributed by atoms with Gasteiger partial charge < -0.3 is 10.6 Å². The second-order valence-electron chi connectivity index (χ2n) is 5.72. The third kappa shape index (κ3) is 3.04. The molecule has 0 radical (unpaired) electrons. The third-order valence-corrected chi connectivity index (χ3v) is 4.34. The van der Waals surface area contributed by atoms with E-state index in [0.717, 1.165) is 45.4 Å². The molecule has 0 aromatic carbocycles. The van der Waals surface area contributed by atoms with Crippen LogP contribution < -0.4 is 5.73 Å². The number of piperidine rings is 1. The van der Waals surface area contributed by atoms with Crippen LogP contribution in [-0.2, 0) is 4.79 Å². The van der Waals surface area contributed by atoms with Gasteiger partial charge in [0.25, 0.3) is 0 Å². The minimum absolute atomic E-state index is 0.148. The molecule has 0 saturated carbocycles. The maximum absolute atomic E-state index is 12.6. The van der Waals surface area contributed by atoms with Crippen LogP contribution in [0, 0.1) is 5.92 Å². The molecule has 4 heteroatoms. The number of hydrogen-bond donors (Lipinski definition) is 1. The predicted molar refractivity (Wildman–Crippen MR) is 73.2 cm³/mol. The number of carbonyl (C=O) groups is 1. The Hall–Kier alpha value is -0.610. The van der Waals surface area contributed by atoms with E-state index in [1.165, 1.54) is 12.8 Å². The SMILES string of the molecule is CCCN1CCCC[C@H]1C(=O)N1CC[C@@H](CN)C1.